The molecule has 0 radical (unpaired) electrons. The molecule has 0 atom stereocenters. The van der Waals surface area contributed by atoms with Gasteiger partial charge in [-0.15, -0.1) is 0 Å². The highest BCUT2D eigenvalue weighted by Gasteiger charge is 2.01. The minimum atomic E-state index is -0.383. The Balaban J connectivity index is 2.65. The molecule has 0 saturated carbocycles. The monoisotopic (exact) mass is 229 g/mol. The summed E-state index contributed by atoms with van der Waals surface area (Å²) < 4.78 is 4.99. The van der Waals surface area contributed by atoms with E-state index in [1.165, 1.54) is 6.08 Å². The van der Waals surface area contributed by atoms with Crippen LogP contribution in [0.2, 0.25) is 0 Å². The van der Waals surface area contributed by atoms with Gasteiger partial charge in [-0.1, -0.05) is 32.0 Å². The predicted molar refractivity (Wildman–Crippen MR) is 66.0 cm³/mol. The van der Waals surface area contributed by atoms with E-state index in [4.69, 9.17) is 10.00 Å². The zero-order valence-corrected chi connectivity index (χ0v) is 10.0. The molecule has 0 saturated heterocycles. The summed E-state index contributed by atoms with van der Waals surface area (Å²) in [6.45, 7) is 4.35. The molecule has 0 aliphatic carbocycles. The Hall–Kier alpha value is -2.08. The van der Waals surface area contributed by atoms with Gasteiger partial charge in [-0.3, -0.25) is 0 Å². The van der Waals surface area contributed by atoms with Crippen molar-refractivity contribution >= 4 is 12.0 Å². The van der Waals surface area contributed by atoms with Gasteiger partial charge in [0.05, 0.1) is 18.2 Å². The average molecular weight is 229 g/mol. The third-order valence-corrected chi connectivity index (χ3v) is 2.04. The Morgan fingerprint density at radius 1 is 1.47 bits per heavy atom. The summed E-state index contributed by atoms with van der Waals surface area (Å²) in [4.78, 5) is 11.3. The standard InChI is InChI=1S/C14H15NO2/c1-11(2)10-17-14(16)8-7-12-5-3-4-6-13(12)9-15/h3-8,11H,10H2,1-2H3/b8-7+. The van der Waals surface area contributed by atoms with E-state index < -0.39 is 0 Å². The maximum absolute atomic E-state index is 11.3. The van der Waals surface area contributed by atoms with Crippen molar-refractivity contribution in [2.45, 2.75) is 13.8 Å². The summed E-state index contributed by atoms with van der Waals surface area (Å²) in [6, 6.07) is 9.16. The lowest BCUT2D eigenvalue weighted by Crippen LogP contribution is -2.07. The number of hydrogen-bond donors (Lipinski definition) is 0. The number of carbonyl (C=O) groups is 1. The van der Waals surface area contributed by atoms with E-state index in [9.17, 15) is 4.79 Å². The summed E-state index contributed by atoms with van der Waals surface area (Å²) in [7, 11) is 0. The molecule has 0 heterocycles. The minimum absolute atomic E-state index is 0.318. The Bertz CT molecular complexity index is 456. The predicted octanol–water partition coefficient (Wildman–Crippen LogP) is 2.77. The molecule has 3 heteroatoms. The van der Waals surface area contributed by atoms with Gasteiger partial charge in [0.1, 0.15) is 0 Å². The van der Waals surface area contributed by atoms with Crippen LogP contribution in [0.5, 0.6) is 0 Å². The van der Waals surface area contributed by atoms with Crippen LogP contribution in [0.15, 0.2) is 30.3 Å². The fraction of sp³-hybridized carbons (Fsp3) is 0.286. The molecule has 0 N–H and O–H groups in total. The molecule has 1 aromatic carbocycles. The summed E-state index contributed by atoms with van der Waals surface area (Å²) in [5.74, 6) is -0.0646. The number of nitriles is 1. The van der Waals surface area contributed by atoms with Gasteiger partial charge in [0.2, 0.25) is 0 Å². The lowest BCUT2D eigenvalue weighted by molar-refractivity contribution is -0.138. The van der Waals surface area contributed by atoms with Crippen LogP contribution in [-0.4, -0.2) is 12.6 Å². The SMILES string of the molecule is CC(C)COC(=O)/C=C/c1ccccc1C#N. The van der Waals surface area contributed by atoms with Crippen molar-refractivity contribution in [1.29, 1.82) is 5.26 Å². The first kappa shape index (κ1) is 13.0. The number of ether oxygens (including phenoxy) is 1. The maximum atomic E-state index is 11.3. The minimum Gasteiger partial charge on any atom is -0.462 e. The third kappa shape index (κ3) is 4.52. The van der Waals surface area contributed by atoms with E-state index in [1.54, 1.807) is 24.3 Å². The van der Waals surface area contributed by atoms with Crippen LogP contribution in [-0.2, 0) is 9.53 Å². The van der Waals surface area contributed by atoms with Gasteiger partial charge < -0.3 is 4.74 Å². The van der Waals surface area contributed by atoms with Crippen LogP contribution in [0.4, 0.5) is 0 Å². The number of benzene rings is 1. The van der Waals surface area contributed by atoms with Crippen molar-refractivity contribution in [2.24, 2.45) is 5.92 Å². The van der Waals surface area contributed by atoms with Crippen molar-refractivity contribution in [3.63, 3.8) is 0 Å². The van der Waals surface area contributed by atoms with E-state index in [2.05, 4.69) is 6.07 Å². The van der Waals surface area contributed by atoms with E-state index in [0.717, 1.165) is 5.56 Å². The second-order valence-electron chi connectivity index (χ2n) is 4.06. The smallest absolute Gasteiger partial charge is 0.330 e. The van der Waals surface area contributed by atoms with E-state index in [0.29, 0.717) is 18.1 Å². The molecule has 0 bridgehead atoms. The van der Waals surface area contributed by atoms with Crippen molar-refractivity contribution in [2.75, 3.05) is 6.61 Å². The second kappa shape index (κ2) is 6.49. The third-order valence-electron chi connectivity index (χ3n) is 2.04. The lowest BCUT2D eigenvalue weighted by Gasteiger charge is -2.03. The van der Waals surface area contributed by atoms with Gasteiger partial charge in [-0.25, -0.2) is 4.79 Å². The fourth-order valence-electron chi connectivity index (χ4n) is 1.20. The van der Waals surface area contributed by atoms with Gasteiger partial charge in [-0.05, 0) is 23.6 Å². The summed E-state index contributed by atoms with van der Waals surface area (Å²) in [5.41, 5.74) is 1.26. The van der Waals surface area contributed by atoms with Gasteiger partial charge in [0.25, 0.3) is 0 Å². The van der Waals surface area contributed by atoms with Gasteiger partial charge in [0, 0.05) is 6.08 Å². The molecule has 0 aliphatic heterocycles. The highest BCUT2D eigenvalue weighted by molar-refractivity contribution is 5.87. The van der Waals surface area contributed by atoms with Crippen molar-refractivity contribution in [3.05, 3.63) is 41.5 Å². The lowest BCUT2D eigenvalue weighted by atomic mass is 10.1. The van der Waals surface area contributed by atoms with Gasteiger partial charge in [0.15, 0.2) is 0 Å². The molecule has 0 spiro atoms. The van der Waals surface area contributed by atoms with Crippen LogP contribution in [0.1, 0.15) is 25.0 Å². The zero-order chi connectivity index (χ0) is 12.7. The van der Waals surface area contributed by atoms with Crippen molar-refractivity contribution < 1.29 is 9.53 Å². The molecule has 17 heavy (non-hydrogen) atoms. The first-order chi connectivity index (χ1) is 8.13. The number of esters is 1. The highest BCUT2D eigenvalue weighted by Crippen LogP contribution is 2.09. The number of hydrogen-bond acceptors (Lipinski definition) is 3. The molecule has 0 unspecified atom stereocenters. The first-order valence-electron chi connectivity index (χ1n) is 5.47. The summed E-state index contributed by atoms with van der Waals surface area (Å²) in [5, 5.41) is 8.86. The van der Waals surface area contributed by atoms with Crippen LogP contribution < -0.4 is 0 Å². The molecule has 0 aromatic heterocycles. The average Bonchev–Trinajstić information content (AvgIpc) is 2.34. The first-order valence-corrected chi connectivity index (χ1v) is 5.47. The molecule has 0 fully saturated rings. The topological polar surface area (TPSA) is 50.1 Å². The summed E-state index contributed by atoms with van der Waals surface area (Å²) in [6.07, 6.45) is 2.94. The largest absolute Gasteiger partial charge is 0.462 e. The maximum Gasteiger partial charge on any atom is 0.330 e. The zero-order valence-electron chi connectivity index (χ0n) is 10.0. The highest BCUT2D eigenvalue weighted by atomic mass is 16.5. The summed E-state index contributed by atoms with van der Waals surface area (Å²) >= 11 is 0. The second-order valence-corrected chi connectivity index (χ2v) is 4.06. The van der Waals surface area contributed by atoms with Gasteiger partial charge >= 0.3 is 5.97 Å². The van der Waals surface area contributed by atoms with Gasteiger partial charge in [-0.2, -0.15) is 5.26 Å². The Kier molecular flexibility index (Phi) is 4.96. The Morgan fingerprint density at radius 3 is 2.82 bits per heavy atom. The van der Waals surface area contributed by atoms with Crippen LogP contribution in [0, 0.1) is 17.2 Å². The number of nitrogens with zero attached hydrogens (tertiary/aromatic N) is 1. The van der Waals surface area contributed by atoms with Crippen LogP contribution >= 0.6 is 0 Å². The van der Waals surface area contributed by atoms with Crippen molar-refractivity contribution in [3.8, 4) is 6.07 Å². The molecular formula is C14H15NO2. The molecular weight excluding hydrogens is 214 g/mol. The number of carbonyl (C=O) groups excluding carboxylic acids is 1. The fourth-order valence-corrected chi connectivity index (χ4v) is 1.20. The molecule has 1 rings (SSSR count). The quantitative estimate of drug-likeness (QED) is 0.589. The Morgan fingerprint density at radius 2 is 2.18 bits per heavy atom. The van der Waals surface area contributed by atoms with E-state index in [-0.39, 0.29) is 5.97 Å². The molecule has 88 valence electrons. The number of rotatable bonds is 4. The van der Waals surface area contributed by atoms with Crippen LogP contribution in [0.25, 0.3) is 6.08 Å². The Labute approximate surface area is 101 Å². The molecule has 1 aromatic rings. The van der Waals surface area contributed by atoms with E-state index >= 15 is 0 Å². The molecule has 0 aliphatic rings. The molecule has 0 amide bonds. The van der Waals surface area contributed by atoms with E-state index in [1.807, 2.05) is 19.9 Å². The normalized spacial score (nSPS) is 10.5. The van der Waals surface area contributed by atoms with Crippen LogP contribution in [0.3, 0.4) is 0 Å². The molecule has 3 nitrogen and oxygen atoms in total. The van der Waals surface area contributed by atoms with Crippen molar-refractivity contribution in [1.82, 2.24) is 0 Å².